The van der Waals surface area contributed by atoms with Crippen LogP contribution in [0.25, 0.3) is 11.5 Å². The van der Waals surface area contributed by atoms with Gasteiger partial charge in [-0.25, -0.2) is 0 Å². The second kappa shape index (κ2) is 6.14. The molecule has 0 aliphatic heterocycles. The average molecular weight is 296 g/mol. The van der Waals surface area contributed by atoms with Gasteiger partial charge in [-0.1, -0.05) is 35.5 Å². The molecule has 0 unspecified atom stereocenters. The molecule has 0 saturated heterocycles. The molecule has 2 heterocycles. The number of rotatable bonds is 4. The van der Waals surface area contributed by atoms with Crippen molar-refractivity contribution in [1.29, 1.82) is 0 Å². The van der Waals surface area contributed by atoms with Gasteiger partial charge >= 0.3 is 0 Å². The summed E-state index contributed by atoms with van der Waals surface area (Å²) in [5.74, 6) is 1.65. The number of aromatic nitrogens is 2. The van der Waals surface area contributed by atoms with E-state index in [0.717, 1.165) is 22.2 Å². The second-order valence-corrected chi connectivity index (χ2v) is 5.95. The van der Waals surface area contributed by atoms with Gasteiger partial charge in [-0.05, 0) is 49.2 Å². The van der Waals surface area contributed by atoms with Crippen LogP contribution in [0.3, 0.4) is 0 Å². The molecule has 0 atom stereocenters. The van der Waals surface area contributed by atoms with Crippen LogP contribution in [0.15, 0.2) is 58.2 Å². The zero-order valence-corrected chi connectivity index (χ0v) is 12.9. The molecule has 3 aromatic rings. The molecule has 0 N–H and O–H groups in total. The summed E-state index contributed by atoms with van der Waals surface area (Å²) in [6, 6.07) is 14.2. The van der Waals surface area contributed by atoms with Gasteiger partial charge in [-0.3, -0.25) is 0 Å². The zero-order valence-electron chi connectivity index (χ0n) is 12.0. The molecule has 0 aliphatic rings. The van der Waals surface area contributed by atoms with Crippen molar-refractivity contribution in [3.63, 3.8) is 0 Å². The Morgan fingerprint density at radius 1 is 1.05 bits per heavy atom. The lowest BCUT2D eigenvalue weighted by atomic mass is 10.1. The fraction of sp³-hybridized carbons (Fsp3) is 0.176. The van der Waals surface area contributed by atoms with Crippen LogP contribution in [-0.2, 0) is 5.75 Å². The number of furan rings is 1. The number of nitrogens with zero attached hydrogens (tertiary/aromatic N) is 2. The molecule has 0 aliphatic carbocycles. The molecule has 1 aromatic carbocycles. The number of thioether (sulfide) groups is 1. The van der Waals surface area contributed by atoms with Crippen LogP contribution >= 0.6 is 11.8 Å². The van der Waals surface area contributed by atoms with Crippen molar-refractivity contribution in [3.8, 4) is 11.5 Å². The van der Waals surface area contributed by atoms with Crippen molar-refractivity contribution in [2.75, 3.05) is 0 Å². The first-order valence-electron chi connectivity index (χ1n) is 6.79. The Morgan fingerprint density at radius 2 is 1.95 bits per heavy atom. The first-order valence-corrected chi connectivity index (χ1v) is 7.77. The third-order valence-electron chi connectivity index (χ3n) is 3.29. The minimum absolute atomic E-state index is 0.744. The molecule has 106 valence electrons. The molecule has 0 fully saturated rings. The quantitative estimate of drug-likeness (QED) is 0.657. The van der Waals surface area contributed by atoms with E-state index in [1.165, 1.54) is 16.7 Å². The summed E-state index contributed by atoms with van der Waals surface area (Å²) >= 11 is 1.70. The van der Waals surface area contributed by atoms with Crippen LogP contribution < -0.4 is 0 Å². The average Bonchev–Trinajstić information content (AvgIpc) is 3.03. The summed E-state index contributed by atoms with van der Waals surface area (Å²) in [5, 5.41) is 9.39. The largest absolute Gasteiger partial charge is 0.463 e. The molecule has 0 bridgehead atoms. The van der Waals surface area contributed by atoms with Gasteiger partial charge in [0.2, 0.25) is 0 Å². The van der Waals surface area contributed by atoms with Crippen molar-refractivity contribution in [1.82, 2.24) is 10.2 Å². The summed E-state index contributed by atoms with van der Waals surface area (Å²) in [4.78, 5) is 0. The van der Waals surface area contributed by atoms with Crippen molar-refractivity contribution in [2.45, 2.75) is 24.6 Å². The number of benzene rings is 1. The van der Waals surface area contributed by atoms with E-state index >= 15 is 0 Å². The SMILES string of the molecule is Cc1ccc(C)c(CSc2ccc(-c3ccco3)nn2)c1. The maximum Gasteiger partial charge on any atom is 0.154 e. The summed E-state index contributed by atoms with van der Waals surface area (Å²) in [7, 11) is 0. The summed E-state index contributed by atoms with van der Waals surface area (Å²) in [5.41, 5.74) is 4.71. The van der Waals surface area contributed by atoms with Crippen LogP contribution in [-0.4, -0.2) is 10.2 Å². The van der Waals surface area contributed by atoms with Gasteiger partial charge in [0.25, 0.3) is 0 Å². The molecular weight excluding hydrogens is 280 g/mol. The van der Waals surface area contributed by atoms with Gasteiger partial charge in [-0.2, -0.15) is 0 Å². The highest BCUT2D eigenvalue weighted by Crippen LogP contribution is 2.24. The van der Waals surface area contributed by atoms with Gasteiger partial charge in [0, 0.05) is 5.75 Å². The van der Waals surface area contributed by atoms with Gasteiger partial charge in [0.05, 0.1) is 6.26 Å². The third kappa shape index (κ3) is 3.34. The Morgan fingerprint density at radius 3 is 2.67 bits per heavy atom. The highest BCUT2D eigenvalue weighted by molar-refractivity contribution is 7.98. The Labute approximate surface area is 128 Å². The Hall–Kier alpha value is -2.07. The van der Waals surface area contributed by atoms with E-state index in [4.69, 9.17) is 4.42 Å². The summed E-state index contributed by atoms with van der Waals surface area (Å²) in [6.07, 6.45) is 1.64. The highest BCUT2D eigenvalue weighted by atomic mass is 32.2. The molecule has 3 rings (SSSR count). The molecule has 0 spiro atoms. The maximum atomic E-state index is 5.31. The minimum atomic E-state index is 0.744. The van der Waals surface area contributed by atoms with Crippen LogP contribution in [0.1, 0.15) is 16.7 Å². The van der Waals surface area contributed by atoms with E-state index < -0.39 is 0 Å². The van der Waals surface area contributed by atoms with Crippen LogP contribution in [0.4, 0.5) is 0 Å². The molecule has 0 amide bonds. The lowest BCUT2D eigenvalue weighted by molar-refractivity contribution is 0.578. The smallest absolute Gasteiger partial charge is 0.154 e. The number of hydrogen-bond acceptors (Lipinski definition) is 4. The normalized spacial score (nSPS) is 10.8. The van der Waals surface area contributed by atoms with Crippen molar-refractivity contribution in [3.05, 3.63) is 65.4 Å². The van der Waals surface area contributed by atoms with Crippen LogP contribution in [0, 0.1) is 13.8 Å². The van der Waals surface area contributed by atoms with E-state index in [0.29, 0.717) is 0 Å². The number of aryl methyl sites for hydroxylation is 2. The first kappa shape index (κ1) is 13.9. The topological polar surface area (TPSA) is 38.9 Å². The third-order valence-corrected chi connectivity index (χ3v) is 4.26. The first-order chi connectivity index (χ1) is 10.2. The van der Waals surface area contributed by atoms with Crippen molar-refractivity contribution < 1.29 is 4.42 Å². The molecule has 3 nitrogen and oxygen atoms in total. The predicted octanol–water partition coefficient (Wildman–Crippen LogP) is 4.65. The van der Waals surface area contributed by atoms with Gasteiger partial charge < -0.3 is 4.42 Å². The Kier molecular flexibility index (Phi) is 4.06. The standard InChI is InChI=1S/C17H16N2OS/c1-12-5-6-13(2)14(10-12)11-21-17-8-7-15(18-19-17)16-4-3-9-20-16/h3-10H,11H2,1-2H3. The molecular formula is C17H16N2OS. The predicted molar refractivity (Wildman–Crippen MR) is 85.2 cm³/mol. The van der Waals surface area contributed by atoms with Crippen molar-refractivity contribution >= 4 is 11.8 Å². The van der Waals surface area contributed by atoms with E-state index in [1.807, 2.05) is 24.3 Å². The summed E-state index contributed by atoms with van der Waals surface area (Å²) < 4.78 is 5.31. The second-order valence-electron chi connectivity index (χ2n) is 4.95. The van der Waals surface area contributed by atoms with Crippen molar-refractivity contribution in [2.24, 2.45) is 0 Å². The molecule has 21 heavy (non-hydrogen) atoms. The van der Waals surface area contributed by atoms with Gasteiger partial charge in [-0.15, -0.1) is 10.2 Å². The minimum Gasteiger partial charge on any atom is -0.463 e. The molecule has 2 aromatic heterocycles. The van der Waals surface area contributed by atoms with Crippen LogP contribution in [0.5, 0.6) is 0 Å². The number of hydrogen-bond donors (Lipinski definition) is 0. The van der Waals surface area contributed by atoms with Crippen LogP contribution in [0.2, 0.25) is 0 Å². The molecule has 0 saturated carbocycles. The van der Waals surface area contributed by atoms with Gasteiger partial charge in [0.15, 0.2) is 5.76 Å². The Bertz CT molecular complexity index is 721. The lowest BCUT2D eigenvalue weighted by Gasteiger charge is -2.06. The highest BCUT2D eigenvalue weighted by Gasteiger charge is 2.05. The zero-order chi connectivity index (χ0) is 14.7. The van der Waals surface area contributed by atoms with E-state index in [9.17, 15) is 0 Å². The Balaban J connectivity index is 1.70. The lowest BCUT2D eigenvalue weighted by Crippen LogP contribution is -1.91. The van der Waals surface area contributed by atoms with E-state index in [-0.39, 0.29) is 0 Å². The van der Waals surface area contributed by atoms with E-state index in [2.05, 4.69) is 42.2 Å². The fourth-order valence-corrected chi connectivity index (χ4v) is 2.94. The van der Waals surface area contributed by atoms with Gasteiger partial charge in [0.1, 0.15) is 10.7 Å². The fourth-order valence-electron chi connectivity index (χ4n) is 2.06. The monoisotopic (exact) mass is 296 g/mol. The molecule has 4 heteroatoms. The summed E-state index contributed by atoms with van der Waals surface area (Å²) in [6.45, 7) is 4.26. The maximum absolute atomic E-state index is 5.31. The van der Waals surface area contributed by atoms with E-state index in [1.54, 1.807) is 18.0 Å². The molecule has 0 radical (unpaired) electrons.